The van der Waals surface area contributed by atoms with Gasteiger partial charge in [0.15, 0.2) is 11.5 Å². The highest BCUT2D eigenvalue weighted by Gasteiger charge is 2.25. The number of hydrogen-bond donors (Lipinski definition) is 3. The van der Waals surface area contributed by atoms with Gasteiger partial charge in [0.25, 0.3) is 0 Å². The van der Waals surface area contributed by atoms with Gasteiger partial charge in [-0.05, 0) is 23.8 Å². The summed E-state index contributed by atoms with van der Waals surface area (Å²) in [7, 11) is 0. The molecule has 162 valence electrons. The number of nitrogens with one attached hydrogen (secondary N) is 2. The molecule has 3 N–H and O–H groups in total. The lowest BCUT2D eigenvalue weighted by molar-refractivity contribution is -1.02. The van der Waals surface area contributed by atoms with E-state index in [0.717, 1.165) is 50.8 Å². The van der Waals surface area contributed by atoms with E-state index in [0.29, 0.717) is 25.9 Å². The number of hydrogen-bond acceptors (Lipinski definition) is 4. The quantitative estimate of drug-likeness (QED) is 0.536. The lowest BCUT2D eigenvalue weighted by Gasteiger charge is -2.30. The van der Waals surface area contributed by atoms with Crippen molar-refractivity contribution in [3.05, 3.63) is 59.7 Å². The molecular formula is C24H34N2O4+2. The van der Waals surface area contributed by atoms with E-state index < -0.39 is 6.10 Å². The Hall–Kier alpha value is -2.12. The van der Waals surface area contributed by atoms with Crippen LogP contribution >= 0.6 is 0 Å². The van der Waals surface area contributed by atoms with Gasteiger partial charge in [0.1, 0.15) is 45.4 Å². The molecule has 0 unspecified atom stereocenters. The third-order valence-corrected chi connectivity index (χ3v) is 6.13. The predicted octanol–water partition coefficient (Wildman–Crippen LogP) is -0.120. The second-order valence-corrected chi connectivity index (χ2v) is 8.57. The maximum absolute atomic E-state index is 10.4. The average molecular weight is 415 g/mol. The van der Waals surface area contributed by atoms with Crippen molar-refractivity contribution in [1.82, 2.24) is 0 Å². The Morgan fingerprint density at radius 3 is 2.47 bits per heavy atom. The zero-order valence-electron chi connectivity index (χ0n) is 17.8. The summed E-state index contributed by atoms with van der Waals surface area (Å²) in [6, 6.07) is 16.6. The molecule has 0 amide bonds. The Bertz CT molecular complexity index is 793. The number of piperazine rings is 1. The molecular weight excluding hydrogens is 380 g/mol. The Labute approximate surface area is 179 Å². The maximum atomic E-state index is 10.4. The van der Waals surface area contributed by atoms with Gasteiger partial charge in [-0.3, -0.25) is 0 Å². The zero-order valence-corrected chi connectivity index (χ0v) is 17.8. The van der Waals surface area contributed by atoms with Gasteiger partial charge in [-0.15, -0.1) is 0 Å². The number of fused-ring (bicyclic) bond motifs is 1. The lowest BCUT2D eigenvalue weighted by Crippen LogP contribution is -3.28. The third-order valence-electron chi connectivity index (χ3n) is 6.13. The van der Waals surface area contributed by atoms with Gasteiger partial charge < -0.3 is 29.1 Å². The molecule has 4 rings (SSSR count). The van der Waals surface area contributed by atoms with Crippen molar-refractivity contribution in [3.8, 4) is 11.5 Å². The van der Waals surface area contributed by atoms with Gasteiger partial charge >= 0.3 is 0 Å². The molecule has 2 atom stereocenters. The normalized spacial score (nSPS) is 22.6. The third kappa shape index (κ3) is 5.73. The lowest BCUT2D eigenvalue weighted by atomic mass is 10.0. The molecule has 1 saturated heterocycles. The number of benzene rings is 2. The summed E-state index contributed by atoms with van der Waals surface area (Å²) in [5, 5.41) is 10.4. The molecule has 2 aliphatic heterocycles. The molecule has 0 saturated carbocycles. The minimum absolute atomic E-state index is 0.324. The molecule has 0 bridgehead atoms. The van der Waals surface area contributed by atoms with Gasteiger partial charge in [0.05, 0.1) is 13.2 Å². The summed E-state index contributed by atoms with van der Waals surface area (Å²) in [4.78, 5) is 3.05. The average Bonchev–Trinajstić information content (AvgIpc) is 3.23. The highest BCUT2D eigenvalue weighted by Crippen LogP contribution is 2.32. The second kappa shape index (κ2) is 10.3. The number of ether oxygens (including phenoxy) is 3. The van der Waals surface area contributed by atoms with Gasteiger partial charge in [0.2, 0.25) is 6.79 Å². The molecule has 6 nitrogen and oxygen atoms in total. The van der Waals surface area contributed by atoms with Crippen molar-refractivity contribution in [2.45, 2.75) is 25.5 Å². The molecule has 0 spiro atoms. The SMILES string of the molecule is C[C@H](COC[C@@H](O)C[NH+]1CC[NH+](Cc2ccc3c(c2)OCO3)CC1)c1ccccc1. The van der Waals surface area contributed by atoms with Crippen molar-refractivity contribution in [2.24, 2.45) is 0 Å². The molecule has 0 radical (unpaired) electrons. The van der Waals surface area contributed by atoms with Crippen LogP contribution in [-0.2, 0) is 11.3 Å². The van der Waals surface area contributed by atoms with E-state index in [2.05, 4.69) is 43.3 Å². The standard InChI is InChI=1S/C24H32N2O4/c1-19(21-5-3-2-4-6-21)16-28-17-22(27)15-26-11-9-25(10-12-26)14-20-7-8-23-24(13-20)30-18-29-23/h2-8,13,19,22,27H,9-12,14-18H2,1H3/p+2/t19-,22+/m1/s1. The summed E-state index contributed by atoms with van der Waals surface area (Å²) in [6.45, 7) is 9.70. The van der Waals surface area contributed by atoms with E-state index in [-0.39, 0.29) is 0 Å². The van der Waals surface area contributed by atoms with E-state index in [4.69, 9.17) is 14.2 Å². The van der Waals surface area contributed by atoms with Crippen LogP contribution in [0.25, 0.3) is 0 Å². The van der Waals surface area contributed by atoms with Crippen LogP contribution in [0.2, 0.25) is 0 Å². The first-order valence-corrected chi connectivity index (χ1v) is 11.0. The minimum atomic E-state index is -0.404. The summed E-state index contributed by atoms with van der Waals surface area (Å²) in [5.41, 5.74) is 2.57. The van der Waals surface area contributed by atoms with Crippen LogP contribution in [0.3, 0.4) is 0 Å². The molecule has 2 heterocycles. The number of aliphatic hydroxyl groups excluding tert-OH is 1. The van der Waals surface area contributed by atoms with Gasteiger partial charge in [0, 0.05) is 11.5 Å². The van der Waals surface area contributed by atoms with Gasteiger partial charge in [-0.2, -0.15) is 0 Å². The Morgan fingerprint density at radius 2 is 1.67 bits per heavy atom. The summed E-state index contributed by atoms with van der Waals surface area (Å²) >= 11 is 0. The summed E-state index contributed by atoms with van der Waals surface area (Å²) in [5.74, 6) is 2.05. The first kappa shape index (κ1) is 21.1. The van der Waals surface area contributed by atoms with Crippen LogP contribution in [0.15, 0.2) is 48.5 Å². The van der Waals surface area contributed by atoms with Crippen LogP contribution in [-0.4, -0.2) is 63.9 Å². The van der Waals surface area contributed by atoms with E-state index in [9.17, 15) is 5.11 Å². The first-order chi connectivity index (χ1) is 14.7. The second-order valence-electron chi connectivity index (χ2n) is 8.57. The smallest absolute Gasteiger partial charge is 0.231 e. The minimum Gasteiger partial charge on any atom is -0.454 e. The number of quaternary nitrogens is 2. The molecule has 2 aliphatic rings. The highest BCUT2D eigenvalue weighted by atomic mass is 16.7. The van der Waals surface area contributed by atoms with Crippen LogP contribution in [0.4, 0.5) is 0 Å². The first-order valence-electron chi connectivity index (χ1n) is 11.0. The highest BCUT2D eigenvalue weighted by molar-refractivity contribution is 5.44. The van der Waals surface area contributed by atoms with Crippen molar-refractivity contribution in [2.75, 3.05) is 52.7 Å². The van der Waals surface area contributed by atoms with Gasteiger partial charge in [-0.1, -0.05) is 37.3 Å². The molecule has 2 aromatic rings. The fraction of sp³-hybridized carbons (Fsp3) is 0.500. The van der Waals surface area contributed by atoms with Crippen LogP contribution in [0.1, 0.15) is 24.0 Å². The molecule has 0 aromatic heterocycles. The number of aliphatic hydroxyl groups is 1. The molecule has 0 aliphatic carbocycles. The van der Waals surface area contributed by atoms with Crippen molar-refractivity contribution in [3.63, 3.8) is 0 Å². The molecule has 30 heavy (non-hydrogen) atoms. The fourth-order valence-electron chi connectivity index (χ4n) is 4.33. The molecule has 6 heteroatoms. The monoisotopic (exact) mass is 414 g/mol. The topological polar surface area (TPSA) is 56.8 Å². The van der Waals surface area contributed by atoms with Crippen molar-refractivity contribution < 1.29 is 29.1 Å². The van der Waals surface area contributed by atoms with Gasteiger partial charge in [-0.25, -0.2) is 0 Å². The fourth-order valence-corrected chi connectivity index (χ4v) is 4.33. The van der Waals surface area contributed by atoms with E-state index in [1.54, 1.807) is 4.90 Å². The Balaban J connectivity index is 1.13. The molecule has 2 aromatic carbocycles. The van der Waals surface area contributed by atoms with Crippen molar-refractivity contribution >= 4 is 0 Å². The zero-order chi connectivity index (χ0) is 20.8. The van der Waals surface area contributed by atoms with Crippen LogP contribution in [0.5, 0.6) is 11.5 Å². The predicted molar refractivity (Wildman–Crippen MR) is 114 cm³/mol. The van der Waals surface area contributed by atoms with E-state index in [1.165, 1.54) is 16.0 Å². The number of rotatable bonds is 9. The molecule has 1 fully saturated rings. The Kier molecular flexibility index (Phi) is 7.23. The van der Waals surface area contributed by atoms with E-state index in [1.807, 2.05) is 12.1 Å². The summed E-state index contributed by atoms with van der Waals surface area (Å²) < 4.78 is 16.7. The van der Waals surface area contributed by atoms with Crippen molar-refractivity contribution in [1.29, 1.82) is 0 Å². The summed E-state index contributed by atoms with van der Waals surface area (Å²) in [6.07, 6.45) is -0.404. The van der Waals surface area contributed by atoms with Crippen LogP contribution < -0.4 is 19.3 Å². The van der Waals surface area contributed by atoms with E-state index >= 15 is 0 Å². The Morgan fingerprint density at radius 1 is 0.933 bits per heavy atom. The largest absolute Gasteiger partial charge is 0.454 e. The van der Waals surface area contributed by atoms with Crippen LogP contribution in [0, 0.1) is 0 Å². The maximum Gasteiger partial charge on any atom is 0.231 e.